The molecule has 1 atom stereocenters. The molecule has 1 amide bonds. The zero-order valence-corrected chi connectivity index (χ0v) is 16.5. The summed E-state index contributed by atoms with van der Waals surface area (Å²) < 4.78 is 17.3. The van der Waals surface area contributed by atoms with Crippen LogP contribution < -0.4 is 10.6 Å². The number of nitrogens with one attached hydrogen (secondary N) is 2. The molecule has 0 aliphatic rings. The highest BCUT2D eigenvalue weighted by Crippen LogP contribution is 2.32. The summed E-state index contributed by atoms with van der Waals surface area (Å²) in [4.78, 5) is 18.2. The Kier molecular flexibility index (Phi) is 5.33. The molecule has 3 aromatic rings. The summed E-state index contributed by atoms with van der Waals surface area (Å²) in [6.07, 6.45) is 0. The van der Waals surface area contributed by atoms with E-state index in [1.54, 1.807) is 19.2 Å². The van der Waals surface area contributed by atoms with E-state index in [-0.39, 0.29) is 17.8 Å². The van der Waals surface area contributed by atoms with Gasteiger partial charge in [0.2, 0.25) is 0 Å². The van der Waals surface area contributed by atoms with Crippen molar-refractivity contribution in [3.05, 3.63) is 51.9 Å². The molecule has 2 aromatic heterocycles. The number of thiazole rings is 1. The van der Waals surface area contributed by atoms with Gasteiger partial charge in [-0.3, -0.25) is 4.79 Å². The number of aryl methyl sites for hydroxylation is 2. The van der Waals surface area contributed by atoms with Crippen LogP contribution in [0.3, 0.4) is 0 Å². The second kappa shape index (κ2) is 7.51. The van der Waals surface area contributed by atoms with Gasteiger partial charge in [-0.1, -0.05) is 0 Å². The molecule has 1 aromatic carbocycles. The highest BCUT2D eigenvalue weighted by atomic mass is 32.1. The lowest BCUT2D eigenvalue weighted by Gasteiger charge is -2.13. The van der Waals surface area contributed by atoms with Gasteiger partial charge >= 0.3 is 0 Å². The van der Waals surface area contributed by atoms with Crippen molar-refractivity contribution in [2.45, 2.75) is 26.8 Å². The van der Waals surface area contributed by atoms with Crippen molar-refractivity contribution in [2.75, 3.05) is 12.4 Å². The standard InChI is InChI=1S/C18H19FN4OS2/c1-9-14(18(20-4)26-23-9)16(24)21-10(2)15-11(3)22-17(25-15)12-5-7-13(19)8-6-12/h5-8,10,20H,1-4H3,(H,21,24)/t10-/m1/s1. The van der Waals surface area contributed by atoms with Crippen LogP contribution in [0, 0.1) is 19.7 Å². The van der Waals surface area contributed by atoms with E-state index in [0.29, 0.717) is 11.3 Å². The number of aromatic nitrogens is 2. The molecule has 0 bridgehead atoms. The number of nitrogens with zero attached hydrogens (tertiary/aromatic N) is 2. The lowest BCUT2D eigenvalue weighted by molar-refractivity contribution is 0.0941. The molecule has 0 saturated heterocycles. The molecule has 26 heavy (non-hydrogen) atoms. The zero-order valence-electron chi connectivity index (χ0n) is 14.9. The number of carbonyl (C=O) groups is 1. The third kappa shape index (κ3) is 3.61. The quantitative estimate of drug-likeness (QED) is 0.670. The van der Waals surface area contributed by atoms with E-state index in [1.165, 1.54) is 35.0 Å². The summed E-state index contributed by atoms with van der Waals surface area (Å²) in [7, 11) is 1.77. The largest absolute Gasteiger partial charge is 0.378 e. The van der Waals surface area contributed by atoms with E-state index in [1.807, 2.05) is 20.8 Å². The van der Waals surface area contributed by atoms with Crippen molar-refractivity contribution >= 4 is 33.8 Å². The second-order valence-electron chi connectivity index (χ2n) is 5.89. The van der Waals surface area contributed by atoms with Crippen LogP contribution in [0.4, 0.5) is 9.39 Å². The molecule has 0 aliphatic carbocycles. The Labute approximate surface area is 159 Å². The smallest absolute Gasteiger partial charge is 0.256 e. The van der Waals surface area contributed by atoms with E-state index >= 15 is 0 Å². The van der Waals surface area contributed by atoms with Gasteiger partial charge in [-0.2, -0.15) is 4.37 Å². The Morgan fingerprint density at radius 3 is 2.54 bits per heavy atom. The Balaban J connectivity index is 1.82. The fourth-order valence-electron chi connectivity index (χ4n) is 2.67. The molecule has 8 heteroatoms. The monoisotopic (exact) mass is 390 g/mol. The molecule has 0 fully saturated rings. The van der Waals surface area contributed by atoms with E-state index in [0.717, 1.165) is 26.1 Å². The maximum atomic E-state index is 13.1. The molecule has 2 heterocycles. The van der Waals surface area contributed by atoms with Crippen molar-refractivity contribution < 1.29 is 9.18 Å². The zero-order chi connectivity index (χ0) is 18.8. The SMILES string of the molecule is CNc1snc(C)c1C(=O)N[C@H](C)c1sc(-c2ccc(F)cc2)nc1C. The van der Waals surface area contributed by atoms with Crippen molar-refractivity contribution in [1.82, 2.24) is 14.7 Å². The van der Waals surface area contributed by atoms with Crippen LogP contribution in [0.2, 0.25) is 0 Å². The molecular formula is C18H19FN4OS2. The van der Waals surface area contributed by atoms with Crippen LogP contribution in [0.1, 0.15) is 39.6 Å². The Hall–Kier alpha value is -2.32. The first-order valence-corrected chi connectivity index (χ1v) is 9.67. The first kappa shape index (κ1) is 18.5. The molecule has 0 spiro atoms. The van der Waals surface area contributed by atoms with Crippen LogP contribution in [0.5, 0.6) is 0 Å². The van der Waals surface area contributed by atoms with Crippen molar-refractivity contribution in [3.8, 4) is 10.6 Å². The van der Waals surface area contributed by atoms with Gasteiger partial charge in [0, 0.05) is 12.6 Å². The van der Waals surface area contributed by atoms with Gasteiger partial charge < -0.3 is 10.6 Å². The molecule has 2 N–H and O–H groups in total. The average molecular weight is 391 g/mol. The third-order valence-electron chi connectivity index (χ3n) is 3.98. The number of benzene rings is 1. The summed E-state index contributed by atoms with van der Waals surface area (Å²) in [5.41, 5.74) is 3.00. The van der Waals surface area contributed by atoms with Crippen LogP contribution in [-0.4, -0.2) is 22.3 Å². The summed E-state index contributed by atoms with van der Waals surface area (Å²) in [5, 5.41) is 7.59. The predicted molar refractivity (Wildman–Crippen MR) is 105 cm³/mol. The Morgan fingerprint density at radius 1 is 1.19 bits per heavy atom. The molecule has 0 unspecified atom stereocenters. The lowest BCUT2D eigenvalue weighted by Crippen LogP contribution is -2.27. The summed E-state index contributed by atoms with van der Waals surface area (Å²) >= 11 is 2.77. The maximum Gasteiger partial charge on any atom is 0.256 e. The van der Waals surface area contributed by atoms with Crippen LogP contribution in [0.25, 0.3) is 10.6 Å². The molecule has 0 radical (unpaired) electrons. The maximum absolute atomic E-state index is 13.1. The van der Waals surface area contributed by atoms with Crippen LogP contribution in [-0.2, 0) is 0 Å². The molecule has 0 aliphatic heterocycles. The summed E-state index contributed by atoms with van der Waals surface area (Å²) in [6.45, 7) is 5.67. The number of rotatable bonds is 5. The topological polar surface area (TPSA) is 66.9 Å². The summed E-state index contributed by atoms with van der Waals surface area (Å²) in [5.74, 6) is -0.438. The van der Waals surface area contributed by atoms with Gasteiger partial charge in [0.1, 0.15) is 15.8 Å². The molecule has 3 rings (SSSR count). The predicted octanol–water partition coefficient (Wildman–Crippen LogP) is 4.56. The fraction of sp³-hybridized carbons (Fsp3) is 0.278. The number of carbonyl (C=O) groups excluding carboxylic acids is 1. The minimum atomic E-state index is -0.275. The second-order valence-corrected chi connectivity index (χ2v) is 7.70. The number of amides is 1. The first-order chi connectivity index (χ1) is 12.4. The molecule has 136 valence electrons. The van der Waals surface area contributed by atoms with E-state index in [2.05, 4.69) is 20.0 Å². The minimum absolute atomic E-state index is 0.163. The molecule has 5 nitrogen and oxygen atoms in total. The van der Waals surface area contributed by atoms with Crippen LogP contribution in [0.15, 0.2) is 24.3 Å². The highest BCUT2D eigenvalue weighted by molar-refractivity contribution is 7.15. The van der Waals surface area contributed by atoms with Gasteiger partial charge in [0.25, 0.3) is 5.91 Å². The normalized spacial score (nSPS) is 12.0. The minimum Gasteiger partial charge on any atom is -0.378 e. The first-order valence-electron chi connectivity index (χ1n) is 8.08. The molecule has 0 saturated carbocycles. The van der Waals surface area contributed by atoms with E-state index < -0.39 is 0 Å². The summed E-state index contributed by atoms with van der Waals surface area (Å²) in [6, 6.07) is 6.06. The number of hydrogen-bond acceptors (Lipinski definition) is 6. The lowest BCUT2D eigenvalue weighted by atomic mass is 10.2. The number of hydrogen-bond donors (Lipinski definition) is 2. The number of halogens is 1. The van der Waals surface area contributed by atoms with Gasteiger partial charge in [-0.25, -0.2) is 9.37 Å². The van der Waals surface area contributed by atoms with Gasteiger partial charge in [0.15, 0.2) is 0 Å². The van der Waals surface area contributed by atoms with Crippen molar-refractivity contribution in [1.29, 1.82) is 0 Å². The van der Waals surface area contributed by atoms with Crippen molar-refractivity contribution in [3.63, 3.8) is 0 Å². The number of anilines is 1. The average Bonchev–Trinajstić information content (AvgIpc) is 3.18. The Bertz CT molecular complexity index is 933. The van der Waals surface area contributed by atoms with Crippen molar-refractivity contribution in [2.24, 2.45) is 0 Å². The fourth-order valence-corrected chi connectivity index (χ4v) is 4.48. The Morgan fingerprint density at radius 2 is 1.88 bits per heavy atom. The van der Waals surface area contributed by atoms with Gasteiger partial charge in [-0.15, -0.1) is 11.3 Å². The van der Waals surface area contributed by atoms with Gasteiger partial charge in [0.05, 0.1) is 27.9 Å². The van der Waals surface area contributed by atoms with Crippen LogP contribution >= 0.6 is 22.9 Å². The third-order valence-corrected chi connectivity index (χ3v) is 6.33. The highest BCUT2D eigenvalue weighted by Gasteiger charge is 2.22. The van der Waals surface area contributed by atoms with E-state index in [4.69, 9.17) is 0 Å². The molecular weight excluding hydrogens is 371 g/mol. The van der Waals surface area contributed by atoms with Gasteiger partial charge in [-0.05, 0) is 56.6 Å². The van der Waals surface area contributed by atoms with E-state index in [9.17, 15) is 9.18 Å².